The zero-order chi connectivity index (χ0) is 25.3. The van der Waals surface area contributed by atoms with E-state index in [1.54, 1.807) is 4.90 Å². The molecule has 5 rings (SSSR count). The highest BCUT2D eigenvalue weighted by molar-refractivity contribution is 6.06. The van der Waals surface area contributed by atoms with E-state index in [0.717, 1.165) is 40.4 Å². The fraction of sp³-hybridized carbons (Fsp3) is 0.290. The summed E-state index contributed by atoms with van der Waals surface area (Å²) in [5.41, 5.74) is 5.07. The number of nitrogens with one attached hydrogen (secondary N) is 1. The van der Waals surface area contributed by atoms with Crippen molar-refractivity contribution in [2.24, 2.45) is 5.41 Å². The first-order chi connectivity index (χ1) is 17.4. The van der Waals surface area contributed by atoms with Crippen LogP contribution in [0.2, 0.25) is 0 Å². The molecule has 1 N–H and O–H groups in total. The van der Waals surface area contributed by atoms with Gasteiger partial charge in [0.2, 0.25) is 5.91 Å². The van der Waals surface area contributed by atoms with Crippen molar-refractivity contribution in [2.75, 3.05) is 10.2 Å². The fourth-order valence-electron chi connectivity index (χ4n) is 5.24. The minimum atomic E-state index is -0.504. The van der Waals surface area contributed by atoms with Gasteiger partial charge in [-0.3, -0.25) is 14.5 Å². The molecule has 184 valence electrons. The first-order valence-corrected chi connectivity index (χ1v) is 12.6. The van der Waals surface area contributed by atoms with E-state index >= 15 is 0 Å². The summed E-state index contributed by atoms with van der Waals surface area (Å²) >= 11 is 0. The smallest absolute Gasteiger partial charge is 0.227 e. The molecule has 1 amide bonds. The van der Waals surface area contributed by atoms with Gasteiger partial charge in [-0.1, -0.05) is 75.4 Å². The molecule has 0 radical (unpaired) electrons. The summed E-state index contributed by atoms with van der Waals surface area (Å²) < 4.78 is 5.99. The lowest BCUT2D eigenvalue weighted by molar-refractivity contribution is -0.119. The van der Waals surface area contributed by atoms with Crippen LogP contribution in [0.1, 0.15) is 57.2 Å². The van der Waals surface area contributed by atoms with Crippen LogP contribution in [0.25, 0.3) is 0 Å². The number of allylic oxidation sites excluding steroid dienone is 1. The summed E-state index contributed by atoms with van der Waals surface area (Å²) in [5, 5.41) is 3.55. The first-order valence-electron chi connectivity index (χ1n) is 12.6. The molecule has 1 heterocycles. The van der Waals surface area contributed by atoms with Crippen LogP contribution >= 0.6 is 0 Å². The largest absolute Gasteiger partial charge is 0.489 e. The summed E-state index contributed by atoms with van der Waals surface area (Å²) in [7, 11) is 0. The normalized spacial score (nSPS) is 18.6. The summed E-state index contributed by atoms with van der Waals surface area (Å²) in [6.07, 6.45) is 1.53. The molecule has 0 bridgehead atoms. The summed E-state index contributed by atoms with van der Waals surface area (Å²) in [4.78, 5) is 28.9. The van der Waals surface area contributed by atoms with Crippen LogP contribution in [0.5, 0.6) is 5.75 Å². The molecular weight excluding hydrogens is 448 g/mol. The number of carbonyl (C=O) groups is 2. The number of nitrogens with zero attached hydrogens (tertiary/aromatic N) is 1. The maximum Gasteiger partial charge on any atom is 0.227 e. The van der Waals surface area contributed by atoms with Crippen LogP contribution in [0, 0.1) is 5.41 Å². The van der Waals surface area contributed by atoms with Crippen molar-refractivity contribution >= 4 is 23.1 Å². The van der Waals surface area contributed by atoms with Gasteiger partial charge in [0.1, 0.15) is 12.4 Å². The van der Waals surface area contributed by atoms with E-state index in [1.807, 2.05) is 85.8 Å². The van der Waals surface area contributed by atoms with Crippen molar-refractivity contribution in [1.82, 2.24) is 0 Å². The van der Waals surface area contributed by atoms with E-state index in [0.29, 0.717) is 25.0 Å². The molecule has 3 aromatic carbocycles. The number of Topliss-reactive ketones (excluding diaryl/α,β-unsaturated/α-hetero) is 1. The molecule has 0 saturated heterocycles. The van der Waals surface area contributed by atoms with Crippen molar-refractivity contribution in [2.45, 2.75) is 52.7 Å². The lowest BCUT2D eigenvalue weighted by atomic mass is 9.73. The van der Waals surface area contributed by atoms with E-state index in [2.05, 4.69) is 19.2 Å². The van der Waals surface area contributed by atoms with Crippen molar-refractivity contribution in [3.8, 4) is 5.75 Å². The number of hydrogen-bond acceptors (Lipinski definition) is 4. The SMILES string of the molecule is CCC(=O)N1c2ccccc2NC2=C(C(=O)CC(C)(C)C2)[C@H]1c1ccc(OCc2ccccc2)cc1. The summed E-state index contributed by atoms with van der Waals surface area (Å²) in [6, 6.07) is 25.2. The third-order valence-electron chi connectivity index (χ3n) is 6.92. The Bertz CT molecular complexity index is 1310. The molecule has 0 spiro atoms. The molecule has 0 aromatic heterocycles. The second-order valence-electron chi connectivity index (χ2n) is 10.3. The predicted octanol–water partition coefficient (Wildman–Crippen LogP) is 6.82. The number of carbonyl (C=O) groups excluding carboxylic acids is 2. The van der Waals surface area contributed by atoms with Gasteiger partial charge in [-0.25, -0.2) is 0 Å². The number of para-hydroxylation sites is 2. The number of ether oxygens (including phenoxy) is 1. The Morgan fingerprint density at radius 3 is 2.39 bits per heavy atom. The topological polar surface area (TPSA) is 58.6 Å². The molecule has 0 saturated carbocycles. The van der Waals surface area contributed by atoms with Gasteiger partial charge < -0.3 is 10.1 Å². The van der Waals surface area contributed by atoms with Crippen LogP contribution in [-0.4, -0.2) is 11.7 Å². The van der Waals surface area contributed by atoms with E-state index in [1.165, 1.54) is 0 Å². The maximum atomic E-state index is 13.7. The molecular formula is C31H32N2O3. The molecule has 1 aliphatic carbocycles. The molecule has 36 heavy (non-hydrogen) atoms. The Balaban J connectivity index is 1.58. The first kappa shape index (κ1) is 23.9. The monoisotopic (exact) mass is 480 g/mol. The Morgan fingerprint density at radius 2 is 1.67 bits per heavy atom. The minimum Gasteiger partial charge on any atom is -0.489 e. The van der Waals surface area contributed by atoms with Crippen molar-refractivity contribution < 1.29 is 14.3 Å². The Kier molecular flexibility index (Phi) is 6.40. The number of benzene rings is 3. The predicted molar refractivity (Wildman–Crippen MR) is 143 cm³/mol. The standard InChI is InChI=1S/C31H32N2O3/c1-4-28(35)33-26-13-9-8-12-24(26)32-25-18-31(2,3)19-27(34)29(25)30(33)22-14-16-23(17-15-22)36-20-21-10-6-5-7-11-21/h5-17,30,32H,4,18-20H2,1-3H3/t30-/m1/s1. The van der Waals surface area contributed by atoms with Crippen molar-refractivity contribution in [1.29, 1.82) is 0 Å². The number of rotatable bonds is 5. The second-order valence-corrected chi connectivity index (χ2v) is 10.3. The van der Waals surface area contributed by atoms with Crippen molar-refractivity contribution in [3.05, 3.63) is 101 Å². The minimum absolute atomic E-state index is 0.0231. The van der Waals surface area contributed by atoms with Gasteiger partial charge in [0.15, 0.2) is 5.78 Å². The maximum absolute atomic E-state index is 13.7. The van der Waals surface area contributed by atoms with Crippen LogP contribution in [0.15, 0.2) is 90.1 Å². The zero-order valence-corrected chi connectivity index (χ0v) is 21.1. The molecule has 1 aliphatic heterocycles. The molecule has 0 unspecified atom stereocenters. The number of amides is 1. The third-order valence-corrected chi connectivity index (χ3v) is 6.92. The van der Waals surface area contributed by atoms with Crippen molar-refractivity contribution in [3.63, 3.8) is 0 Å². The van der Waals surface area contributed by atoms with Crippen LogP contribution < -0.4 is 15.0 Å². The van der Waals surface area contributed by atoms with E-state index < -0.39 is 6.04 Å². The lowest BCUT2D eigenvalue weighted by Gasteiger charge is -2.37. The van der Waals surface area contributed by atoms with Gasteiger partial charge >= 0.3 is 0 Å². The average molecular weight is 481 g/mol. The number of ketones is 1. The van der Waals surface area contributed by atoms with E-state index in [4.69, 9.17) is 4.74 Å². The Morgan fingerprint density at radius 1 is 0.972 bits per heavy atom. The van der Waals surface area contributed by atoms with Gasteiger partial charge in [0.25, 0.3) is 0 Å². The molecule has 1 atom stereocenters. The van der Waals surface area contributed by atoms with Gasteiger partial charge in [0.05, 0.1) is 17.4 Å². The van der Waals surface area contributed by atoms with E-state index in [-0.39, 0.29) is 17.1 Å². The highest BCUT2D eigenvalue weighted by Crippen LogP contribution is 2.48. The second kappa shape index (κ2) is 9.65. The average Bonchev–Trinajstić information content (AvgIpc) is 3.01. The number of hydrogen-bond donors (Lipinski definition) is 1. The van der Waals surface area contributed by atoms with Gasteiger partial charge in [-0.2, -0.15) is 0 Å². The quantitative estimate of drug-likeness (QED) is 0.435. The highest BCUT2D eigenvalue weighted by atomic mass is 16.5. The molecule has 5 nitrogen and oxygen atoms in total. The zero-order valence-electron chi connectivity index (χ0n) is 21.1. The van der Waals surface area contributed by atoms with Gasteiger partial charge in [-0.15, -0.1) is 0 Å². The number of anilines is 2. The lowest BCUT2D eigenvalue weighted by Crippen LogP contribution is -2.39. The summed E-state index contributed by atoms with van der Waals surface area (Å²) in [5.74, 6) is 0.809. The number of fused-ring (bicyclic) bond motifs is 1. The highest BCUT2D eigenvalue weighted by Gasteiger charge is 2.42. The van der Waals surface area contributed by atoms with Gasteiger partial charge in [0, 0.05) is 24.1 Å². The van der Waals surface area contributed by atoms with Crippen LogP contribution in [0.3, 0.4) is 0 Å². The van der Waals surface area contributed by atoms with Crippen LogP contribution in [-0.2, 0) is 16.2 Å². The Labute approximate surface area is 212 Å². The van der Waals surface area contributed by atoms with E-state index in [9.17, 15) is 9.59 Å². The fourth-order valence-corrected chi connectivity index (χ4v) is 5.24. The Hall–Kier alpha value is -3.86. The molecule has 2 aliphatic rings. The molecule has 0 fully saturated rings. The summed E-state index contributed by atoms with van der Waals surface area (Å²) in [6.45, 7) is 6.58. The third kappa shape index (κ3) is 4.66. The van der Waals surface area contributed by atoms with Gasteiger partial charge in [-0.05, 0) is 47.2 Å². The van der Waals surface area contributed by atoms with Crippen LogP contribution in [0.4, 0.5) is 11.4 Å². The molecule has 3 aromatic rings. The molecule has 5 heteroatoms.